The number of nitrogens with one attached hydrogen (secondary N) is 2. The minimum atomic E-state index is -0.495. The molecule has 13 nitrogen and oxygen atoms in total. The summed E-state index contributed by atoms with van der Waals surface area (Å²) in [4.78, 5) is 35.1. The van der Waals surface area contributed by atoms with Crippen LogP contribution in [0.5, 0.6) is 0 Å². The molecule has 2 N–H and O–H groups in total. The van der Waals surface area contributed by atoms with E-state index in [0.29, 0.717) is 92.4 Å². The Morgan fingerprint density at radius 1 is 0.500 bits per heavy atom. The van der Waals surface area contributed by atoms with Crippen molar-refractivity contribution >= 4 is 17.8 Å². The summed E-state index contributed by atoms with van der Waals surface area (Å²) in [6.07, 6.45) is 0.720. The molecule has 0 aromatic heterocycles. The van der Waals surface area contributed by atoms with Crippen molar-refractivity contribution in [2.45, 2.75) is 52.6 Å². The van der Waals surface area contributed by atoms with Crippen LogP contribution in [0.3, 0.4) is 0 Å². The Morgan fingerprint density at radius 3 is 1.25 bits per heavy atom. The predicted octanol–water partition coefficient (Wildman–Crippen LogP) is 0.867. The third kappa shape index (κ3) is 30.7. The summed E-state index contributed by atoms with van der Waals surface area (Å²) >= 11 is 0. The molecule has 0 fully saturated rings. The van der Waals surface area contributed by atoms with Gasteiger partial charge in [0.25, 0.3) is 0 Å². The van der Waals surface area contributed by atoms with Gasteiger partial charge in [0.2, 0.25) is 11.8 Å². The standard InChI is InChI=1S/C27H52N2O11/c1-5-33-16-17-39-23-20-35-12-7-25(31)28-9-14-37-21-18-34-11-6-24(30)29-10-15-38-22-19-36-13-8-26(32)40-27(2,3)4/h5-23H2,1-4H3,(H,28,31)(H,29,30). The Balaban J connectivity index is 3.32. The van der Waals surface area contributed by atoms with Gasteiger partial charge in [0.1, 0.15) is 5.60 Å². The molecular weight excluding hydrogens is 528 g/mol. The average Bonchev–Trinajstić information content (AvgIpc) is 2.89. The molecule has 0 rings (SSSR count). The zero-order valence-electron chi connectivity index (χ0n) is 24.9. The van der Waals surface area contributed by atoms with Gasteiger partial charge in [-0.3, -0.25) is 14.4 Å². The van der Waals surface area contributed by atoms with E-state index in [9.17, 15) is 14.4 Å². The molecule has 0 spiro atoms. The van der Waals surface area contributed by atoms with Crippen LogP contribution in [0, 0.1) is 0 Å². The monoisotopic (exact) mass is 580 g/mol. The molecule has 0 aromatic carbocycles. The van der Waals surface area contributed by atoms with Crippen LogP contribution in [0.15, 0.2) is 0 Å². The van der Waals surface area contributed by atoms with Crippen LogP contribution in [0.4, 0.5) is 0 Å². The Bertz CT molecular complexity index is 630. The number of amides is 2. The molecule has 0 atom stereocenters. The van der Waals surface area contributed by atoms with Crippen LogP contribution in [0.2, 0.25) is 0 Å². The molecule has 13 heteroatoms. The van der Waals surface area contributed by atoms with Crippen LogP contribution in [-0.2, 0) is 52.3 Å². The lowest BCUT2D eigenvalue weighted by Gasteiger charge is -2.19. The van der Waals surface area contributed by atoms with E-state index in [2.05, 4.69) is 10.6 Å². The molecule has 40 heavy (non-hydrogen) atoms. The maximum atomic E-state index is 11.8. The lowest BCUT2D eigenvalue weighted by atomic mass is 10.2. The SMILES string of the molecule is CCOCCOCCOCCC(=O)NCCOCCOCCC(=O)NCCOCCOCCC(=O)OC(C)(C)C. The van der Waals surface area contributed by atoms with E-state index in [0.717, 1.165) is 0 Å². The van der Waals surface area contributed by atoms with Crippen molar-refractivity contribution in [1.82, 2.24) is 10.6 Å². The minimum Gasteiger partial charge on any atom is -0.460 e. The second-order valence-corrected chi connectivity index (χ2v) is 9.41. The van der Waals surface area contributed by atoms with E-state index in [-0.39, 0.29) is 50.3 Å². The Kier molecular flexibility index (Phi) is 26.0. The quantitative estimate of drug-likeness (QED) is 0.100. The van der Waals surface area contributed by atoms with Gasteiger partial charge in [-0.2, -0.15) is 0 Å². The normalized spacial score (nSPS) is 11.4. The number of hydrogen-bond acceptors (Lipinski definition) is 11. The van der Waals surface area contributed by atoms with E-state index in [1.54, 1.807) is 0 Å². The summed E-state index contributed by atoms with van der Waals surface area (Å²) in [5.41, 5.74) is -0.495. The highest BCUT2D eigenvalue weighted by atomic mass is 16.6. The molecule has 0 aliphatic heterocycles. The van der Waals surface area contributed by atoms with Crippen molar-refractivity contribution in [3.05, 3.63) is 0 Å². The van der Waals surface area contributed by atoms with E-state index < -0.39 is 5.60 Å². The molecular formula is C27H52N2O11. The second kappa shape index (κ2) is 27.3. The number of carbonyl (C=O) groups is 3. The summed E-state index contributed by atoms with van der Waals surface area (Å²) < 4.78 is 42.5. The Hall–Kier alpha value is -1.87. The van der Waals surface area contributed by atoms with Crippen LogP contribution >= 0.6 is 0 Å². The number of hydrogen-bond donors (Lipinski definition) is 2. The van der Waals surface area contributed by atoms with Gasteiger partial charge < -0.3 is 48.5 Å². The smallest absolute Gasteiger partial charge is 0.308 e. The first-order valence-electron chi connectivity index (χ1n) is 14.0. The first-order valence-corrected chi connectivity index (χ1v) is 14.0. The molecule has 0 unspecified atom stereocenters. The molecule has 0 radical (unpaired) electrons. The van der Waals surface area contributed by atoms with Crippen LogP contribution in [0.25, 0.3) is 0 Å². The van der Waals surface area contributed by atoms with E-state index in [4.69, 9.17) is 37.9 Å². The topological polar surface area (TPSA) is 149 Å². The Morgan fingerprint density at radius 2 is 0.850 bits per heavy atom. The summed E-state index contributed by atoms with van der Waals surface area (Å²) in [6, 6.07) is 0. The molecule has 0 aliphatic rings. The molecule has 0 aliphatic carbocycles. The molecule has 0 aromatic rings. The first kappa shape index (κ1) is 38.1. The third-order valence-electron chi connectivity index (χ3n) is 4.65. The van der Waals surface area contributed by atoms with Crippen molar-refractivity contribution in [2.75, 3.05) is 106 Å². The molecule has 0 saturated heterocycles. The van der Waals surface area contributed by atoms with Crippen molar-refractivity contribution in [3.8, 4) is 0 Å². The van der Waals surface area contributed by atoms with Crippen molar-refractivity contribution < 1.29 is 52.3 Å². The van der Waals surface area contributed by atoms with Gasteiger partial charge in [-0.25, -0.2) is 0 Å². The highest BCUT2D eigenvalue weighted by Gasteiger charge is 2.15. The zero-order valence-corrected chi connectivity index (χ0v) is 24.9. The summed E-state index contributed by atoms with van der Waals surface area (Å²) in [7, 11) is 0. The van der Waals surface area contributed by atoms with Crippen molar-refractivity contribution in [3.63, 3.8) is 0 Å². The fourth-order valence-corrected chi connectivity index (χ4v) is 2.81. The number of rotatable bonds is 28. The number of carbonyl (C=O) groups excluding carboxylic acids is 3. The molecule has 2 amide bonds. The maximum absolute atomic E-state index is 11.8. The summed E-state index contributed by atoms with van der Waals surface area (Å²) in [5, 5.41) is 5.50. The average molecular weight is 581 g/mol. The lowest BCUT2D eigenvalue weighted by Crippen LogP contribution is -2.29. The maximum Gasteiger partial charge on any atom is 0.308 e. The van der Waals surface area contributed by atoms with Crippen LogP contribution in [0.1, 0.15) is 47.0 Å². The minimum absolute atomic E-state index is 0.0999. The summed E-state index contributed by atoms with van der Waals surface area (Å²) in [5.74, 6) is -0.519. The van der Waals surface area contributed by atoms with Gasteiger partial charge >= 0.3 is 5.97 Å². The molecule has 0 bridgehead atoms. The molecule has 236 valence electrons. The van der Waals surface area contributed by atoms with E-state index in [1.807, 2.05) is 27.7 Å². The second-order valence-electron chi connectivity index (χ2n) is 9.41. The van der Waals surface area contributed by atoms with Gasteiger partial charge in [0, 0.05) is 32.5 Å². The molecule has 0 saturated carbocycles. The summed E-state index contributed by atoms with van der Waals surface area (Å²) in [6.45, 7) is 14.0. The third-order valence-corrected chi connectivity index (χ3v) is 4.65. The van der Waals surface area contributed by atoms with Crippen molar-refractivity contribution in [2.24, 2.45) is 0 Å². The van der Waals surface area contributed by atoms with Crippen LogP contribution in [-0.4, -0.2) is 129 Å². The highest BCUT2D eigenvalue weighted by molar-refractivity contribution is 5.76. The van der Waals surface area contributed by atoms with Gasteiger partial charge in [-0.05, 0) is 27.7 Å². The predicted molar refractivity (Wildman–Crippen MR) is 147 cm³/mol. The van der Waals surface area contributed by atoms with Gasteiger partial charge in [-0.1, -0.05) is 0 Å². The fraction of sp³-hybridized carbons (Fsp3) is 0.889. The number of esters is 1. The van der Waals surface area contributed by atoms with Crippen LogP contribution < -0.4 is 10.6 Å². The fourth-order valence-electron chi connectivity index (χ4n) is 2.81. The van der Waals surface area contributed by atoms with Gasteiger partial charge in [-0.15, -0.1) is 0 Å². The van der Waals surface area contributed by atoms with Gasteiger partial charge in [0.15, 0.2) is 0 Å². The molecule has 0 heterocycles. The number of ether oxygens (including phenoxy) is 8. The lowest BCUT2D eigenvalue weighted by molar-refractivity contribution is -0.156. The van der Waals surface area contributed by atoms with Gasteiger partial charge in [0.05, 0.1) is 92.3 Å². The largest absolute Gasteiger partial charge is 0.460 e. The van der Waals surface area contributed by atoms with Crippen molar-refractivity contribution in [1.29, 1.82) is 0 Å². The zero-order chi connectivity index (χ0) is 29.7. The van der Waals surface area contributed by atoms with E-state index in [1.165, 1.54) is 0 Å². The Labute approximate surface area is 239 Å². The van der Waals surface area contributed by atoms with E-state index >= 15 is 0 Å². The highest BCUT2D eigenvalue weighted by Crippen LogP contribution is 2.08. The first-order chi connectivity index (χ1) is 19.2.